The topological polar surface area (TPSA) is 64.3 Å². The standard InChI is InChI=1S/C38H68N2O2/c1-7-8-9-10-11-12-16-30(26-39)40-36(41)42-31-21-23-37(5)29(25-31)17-18-32-34-20-19-33(28(4)15-13-14-27(2)3)38(34,6)24-22-35(32)37/h17,27-28,30-35H,7-16,18-26,39H2,1-6H3,(H,40,41)/t28-,30?,31+,32+,33-,34+,35+,37+,38-/m1/s1. The van der Waals surface area contributed by atoms with Gasteiger partial charge in [-0.25, -0.2) is 4.79 Å². The second kappa shape index (κ2) is 15.3. The molecule has 0 aromatic carbocycles. The van der Waals surface area contributed by atoms with E-state index in [4.69, 9.17) is 10.5 Å². The SMILES string of the molecule is CCCCCCCCC(CN)NC(=O)O[C@H]1CC[C@@]2(C)C(=CC[C@H]3[C@@H]4CC[C@H]([C@H](C)CCCC(C)C)[C@@]4(C)CC[C@@H]32)C1. The molecule has 0 radical (unpaired) electrons. The van der Waals surface area contributed by atoms with E-state index in [-0.39, 0.29) is 18.2 Å². The Hall–Kier alpha value is -1.03. The van der Waals surface area contributed by atoms with Gasteiger partial charge in [-0.3, -0.25) is 0 Å². The van der Waals surface area contributed by atoms with E-state index in [0.29, 0.717) is 17.4 Å². The number of unbranched alkanes of at least 4 members (excludes halogenated alkanes) is 5. The van der Waals surface area contributed by atoms with Gasteiger partial charge in [0.05, 0.1) is 0 Å². The Kier molecular flexibility index (Phi) is 12.3. The van der Waals surface area contributed by atoms with E-state index in [1.165, 1.54) is 83.5 Å². The summed E-state index contributed by atoms with van der Waals surface area (Å²) in [7, 11) is 0. The Morgan fingerprint density at radius 3 is 2.45 bits per heavy atom. The number of amides is 1. The normalized spacial score (nSPS) is 35.5. The highest BCUT2D eigenvalue weighted by molar-refractivity contribution is 5.67. The van der Waals surface area contributed by atoms with E-state index in [1.54, 1.807) is 5.57 Å². The minimum absolute atomic E-state index is 0.00440. The highest BCUT2D eigenvalue weighted by Crippen LogP contribution is 2.67. The average molecular weight is 585 g/mol. The molecule has 1 unspecified atom stereocenters. The molecule has 3 N–H and O–H groups in total. The summed E-state index contributed by atoms with van der Waals surface area (Å²) in [5.41, 5.74) is 8.43. The van der Waals surface area contributed by atoms with Crippen molar-refractivity contribution in [1.82, 2.24) is 5.32 Å². The molecule has 0 spiro atoms. The van der Waals surface area contributed by atoms with Crippen LogP contribution in [0.3, 0.4) is 0 Å². The Morgan fingerprint density at radius 1 is 0.952 bits per heavy atom. The molecule has 42 heavy (non-hydrogen) atoms. The minimum atomic E-state index is -0.257. The van der Waals surface area contributed by atoms with Crippen molar-refractivity contribution in [2.24, 2.45) is 52.1 Å². The molecule has 1 amide bonds. The van der Waals surface area contributed by atoms with Gasteiger partial charge in [-0.1, -0.05) is 111 Å². The predicted molar refractivity (Wildman–Crippen MR) is 177 cm³/mol. The molecule has 0 bridgehead atoms. The van der Waals surface area contributed by atoms with Crippen molar-refractivity contribution in [2.45, 2.75) is 169 Å². The van der Waals surface area contributed by atoms with Crippen LogP contribution in [0.2, 0.25) is 0 Å². The van der Waals surface area contributed by atoms with Crippen LogP contribution >= 0.6 is 0 Å². The molecule has 4 aliphatic rings. The van der Waals surface area contributed by atoms with Crippen molar-refractivity contribution in [1.29, 1.82) is 0 Å². The van der Waals surface area contributed by atoms with Crippen molar-refractivity contribution >= 4 is 6.09 Å². The molecule has 4 nitrogen and oxygen atoms in total. The minimum Gasteiger partial charge on any atom is -0.446 e. The zero-order valence-electron chi connectivity index (χ0n) is 28.5. The summed E-state index contributed by atoms with van der Waals surface area (Å²) >= 11 is 0. The summed E-state index contributed by atoms with van der Waals surface area (Å²) in [6.45, 7) is 15.3. The molecule has 0 aliphatic heterocycles. The molecule has 4 heteroatoms. The van der Waals surface area contributed by atoms with Crippen LogP contribution in [0.25, 0.3) is 0 Å². The van der Waals surface area contributed by atoms with Gasteiger partial charge in [0.1, 0.15) is 6.10 Å². The van der Waals surface area contributed by atoms with Gasteiger partial charge >= 0.3 is 6.09 Å². The molecule has 9 atom stereocenters. The van der Waals surface area contributed by atoms with Gasteiger partial charge in [0.2, 0.25) is 0 Å². The Bertz CT molecular complexity index is 884. The van der Waals surface area contributed by atoms with E-state index >= 15 is 0 Å². The van der Waals surface area contributed by atoms with Gasteiger partial charge < -0.3 is 15.8 Å². The first-order valence-electron chi connectivity index (χ1n) is 18.5. The summed E-state index contributed by atoms with van der Waals surface area (Å²) in [6.07, 6.45) is 25.1. The third-order valence-corrected chi connectivity index (χ3v) is 13.0. The Morgan fingerprint density at radius 2 is 1.71 bits per heavy atom. The van der Waals surface area contributed by atoms with E-state index in [2.05, 4.69) is 52.9 Å². The molecule has 4 aliphatic carbocycles. The molecular formula is C38H68N2O2. The number of hydrogen-bond donors (Lipinski definition) is 2. The third-order valence-electron chi connectivity index (χ3n) is 13.0. The van der Waals surface area contributed by atoms with E-state index in [9.17, 15) is 4.79 Å². The Balaban J connectivity index is 1.29. The van der Waals surface area contributed by atoms with Gasteiger partial charge in [-0.2, -0.15) is 0 Å². The number of carbonyl (C=O) groups is 1. The number of ether oxygens (including phenoxy) is 1. The van der Waals surface area contributed by atoms with Crippen LogP contribution < -0.4 is 11.1 Å². The van der Waals surface area contributed by atoms with Gasteiger partial charge in [0.25, 0.3) is 0 Å². The molecule has 0 aromatic heterocycles. The van der Waals surface area contributed by atoms with Crippen molar-refractivity contribution in [2.75, 3.05) is 6.54 Å². The molecule has 3 fully saturated rings. The summed E-state index contributed by atoms with van der Waals surface area (Å²) in [5.74, 6) is 5.15. The number of carbonyl (C=O) groups excluding carboxylic acids is 1. The lowest BCUT2D eigenvalue weighted by atomic mass is 9.47. The summed E-state index contributed by atoms with van der Waals surface area (Å²) in [6, 6.07) is 0.0249. The number of fused-ring (bicyclic) bond motifs is 5. The van der Waals surface area contributed by atoms with E-state index < -0.39 is 0 Å². The third kappa shape index (κ3) is 7.78. The molecular weight excluding hydrogens is 516 g/mol. The predicted octanol–water partition coefficient (Wildman–Crippen LogP) is 10.2. The largest absolute Gasteiger partial charge is 0.446 e. The number of rotatable bonds is 15. The highest BCUT2D eigenvalue weighted by Gasteiger charge is 2.59. The maximum Gasteiger partial charge on any atom is 0.407 e. The maximum absolute atomic E-state index is 12.9. The van der Waals surface area contributed by atoms with Crippen molar-refractivity contribution in [3.8, 4) is 0 Å². The van der Waals surface area contributed by atoms with Crippen LogP contribution in [0.4, 0.5) is 4.79 Å². The average Bonchev–Trinajstić information content (AvgIpc) is 3.31. The fourth-order valence-corrected chi connectivity index (χ4v) is 10.5. The number of nitrogens with one attached hydrogen (secondary N) is 1. The lowest BCUT2D eigenvalue weighted by Crippen LogP contribution is -2.51. The molecule has 3 saturated carbocycles. The number of allylic oxidation sites excluding steroid dienone is 1. The number of alkyl carbamates (subject to hydrolysis) is 1. The van der Waals surface area contributed by atoms with Gasteiger partial charge in [0, 0.05) is 19.0 Å². The fraction of sp³-hybridized carbons (Fsp3) is 0.921. The second-order valence-corrected chi connectivity index (χ2v) is 16.2. The van der Waals surface area contributed by atoms with Crippen molar-refractivity contribution < 1.29 is 9.53 Å². The van der Waals surface area contributed by atoms with Crippen LogP contribution in [0.15, 0.2) is 11.6 Å². The van der Waals surface area contributed by atoms with Crippen LogP contribution in [0.1, 0.15) is 157 Å². The lowest BCUT2D eigenvalue weighted by Gasteiger charge is -2.58. The summed E-state index contributed by atoms with van der Waals surface area (Å²) in [4.78, 5) is 12.9. The van der Waals surface area contributed by atoms with E-state index in [0.717, 1.165) is 67.6 Å². The van der Waals surface area contributed by atoms with Crippen LogP contribution in [-0.2, 0) is 4.74 Å². The first-order chi connectivity index (χ1) is 20.1. The highest BCUT2D eigenvalue weighted by atomic mass is 16.6. The number of hydrogen-bond acceptors (Lipinski definition) is 3. The van der Waals surface area contributed by atoms with Crippen LogP contribution in [0, 0.1) is 46.3 Å². The van der Waals surface area contributed by atoms with Crippen molar-refractivity contribution in [3.63, 3.8) is 0 Å². The van der Waals surface area contributed by atoms with E-state index in [1.807, 2.05) is 0 Å². The summed E-state index contributed by atoms with van der Waals surface area (Å²) < 4.78 is 6.04. The van der Waals surface area contributed by atoms with Crippen LogP contribution in [-0.4, -0.2) is 24.8 Å². The first-order valence-corrected chi connectivity index (χ1v) is 18.5. The van der Waals surface area contributed by atoms with Crippen LogP contribution in [0.5, 0.6) is 0 Å². The fourth-order valence-electron chi connectivity index (χ4n) is 10.5. The Labute approximate surface area is 260 Å². The first kappa shape index (κ1) is 33.9. The molecule has 0 saturated heterocycles. The second-order valence-electron chi connectivity index (χ2n) is 16.2. The maximum atomic E-state index is 12.9. The molecule has 242 valence electrons. The van der Waals surface area contributed by atoms with Crippen molar-refractivity contribution in [3.05, 3.63) is 11.6 Å². The summed E-state index contributed by atoms with van der Waals surface area (Å²) in [5, 5.41) is 3.10. The van der Waals surface area contributed by atoms with Gasteiger partial charge in [-0.15, -0.1) is 0 Å². The smallest absolute Gasteiger partial charge is 0.407 e. The quantitative estimate of drug-likeness (QED) is 0.149. The molecule has 4 rings (SSSR count). The van der Waals surface area contributed by atoms with Gasteiger partial charge in [-0.05, 0) is 97.7 Å². The molecule has 0 heterocycles. The number of nitrogens with two attached hydrogens (primary N) is 1. The monoisotopic (exact) mass is 585 g/mol. The zero-order valence-corrected chi connectivity index (χ0v) is 28.5. The van der Waals surface area contributed by atoms with Gasteiger partial charge in [0.15, 0.2) is 0 Å². The molecule has 0 aromatic rings. The lowest BCUT2D eigenvalue weighted by molar-refractivity contribution is -0.0582. The zero-order chi connectivity index (χ0) is 30.3.